The van der Waals surface area contributed by atoms with E-state index in [1.807, 2.05) is 0 Å². The number of hydrogen-bond acceptors (Lipinski definition) is 5. The number of nitro groups is 1. The second-order valence-electron chi connectivity index (χ2n) is 5.80. The van der Waals surface area contributed by atoms with Gasteiger partial charge in [0.05, 0.1) is 4.92 Å². The number of rotatable bonds is 7. The fourth-order valence-electron chi connectivity index (χ4n) is 2.21. The molecular weight excluding hydrogens is 270 g/mol. The van der Waals surface area contributed by atoms with Gasteiger partial charge in [0.25, 0.3) is 11.7 Å². The van der Waals surface area contributed by atoms with Gasteiger partial charge in [0.15, 0.2) is 5.58 Å². The molecule has 2 rings (SSSR count). The van der Waals surface area contributed by atoms with E-state index in [2.05, 4.69) is 31.1 Å². The van der Waals surface area contributed by atoms with Gasteiger partial charge in [-0.1, -0.05) is 26.7 Å². The average Bonchev–Trinajstić information content (AvgIpc) is 2.78. The first-order valence-corrected chi connectivity index (χ1v) is 7.27. The third kappa shape index (κ3) is 4.18. The van der Waals surface area contributed by atoms with Crippen LogP contribution in [0.3, 0.4) is 0 Å². The van der Waals surface area contributed by atoms with Gasteiger partial charge in [-0.3, -0.25) is 10.1 Å². The van der Waals surface area contributed by atoms with Crippen LogP contribution in [0, 0.1) is 16.0 Å². The molecule has 114 valence electrons. The zero-order valence-electron chi connectivity index (χ0n) is 12.6. The predicted octanol–water partition coefficient (Wildman–Crippen LogP) is 4.36. The molecule has 0 bridgehead atoms. The predicted molar refractivity (Wildman–Crippen MR) is 82.4 cm³/mol. The van der Waals surface area contributed by atoms with Gasteiger partial charge in [-0.2, -0.15) is 4.98 Å². The quantitative estimate of drug-likeness (QED) is 0.605. The summed E-state index contributed by atoms with van der Waals surface area (Å²) in [5, 5.41) is 13.9. The highest BCUT2D eigenvalue weighted by Gasteiger charge is 2.13. The summed E-state index contributed by atoms with van der Waals surface area (Å²) in [4.78, 5) is 14.6. The van der Waals surface area contributed by atoms with Crippen LogP contribution in [-0.2, 0) is 0 Å². The summed E-state index contributed by atoms with van der Waals surface area (Å²) in [7, 11) is 0. The van der Waals surface area contributed by atoms with Crippen molar-refractivity contribution in [2.45, 2.75) is 46.1 Å². The molecule has 1 aromatic carbocycles. The van der Waals surface area contributed by atoms with Crippen LogP contribution in [0.4, 0.5) is 11.7 Å². The topological polar surface area (TPSA) is 81.2 Å². The molecule has 1 N–H and O–H groups in total. The summed E-state index contributed by atoms with van der Waals surface area (Å²) >= 11 is 0. The van der Waals surface area contributed by atoms with E-state index in [9.17, 15) is 10.1 Å². The molecule has 0 saturated carbocycles. The van der Waals surface area contributed by atoms with Crippen molar-refractivity contribution in [1.82, 2.24) is 4.98 Å². The molecule has 21 heavy (non-hydrogen) atoms. The maximum atomic E-state index is 10.7. The fraction of sp³-hybridized carbons (Fsp3) is 0.533. The molecule has 0 radical (unpaired) electrons. The number of anilines is 1. The minimum atomic E-state index is -0.435. The lowest BCUT2D eigenvalue weighted by Gasteiger charge is -2.12. The summed E-state index contributed by atoms with van der Waals surface area (Å²) < 4.78 is 5.56. The number of nitrogens with one attached hydrogen (secondary N) is 1. The van der Waals surface area contributed by atoms with Crippen LogP contribution in [0.5, 0.6) is 0 Å². The van der Waals surface area contributed by atoms with Gasteiger partial charge in [0.2, 0.25) is 0 Å². The number of aromatic nitrogens is 1. The minimum Gasteiger partial charge on any atom is -0.424 e. The number of oxazole rings is 1. The Bertz CT molecular complexity index is 622. The molecule has 0 fully saturated rings. The van der Waals surface area contributed by atoms with Crippen molar-refractivity contribution >= 4 is 22.8 Å². The number of benzene rings is 1. The molecular formula is C15H21N3O3. The van der Waals surface area contributed by atoms with Gasteiger partial charge in [-0.05, 0) is 25.3 Å². The zero-order chi connectivity index (χ0) is 15.4. The van der Waals surface area contributed by atoms with Crippen molar-refractivity contribution in [3.05, 3.63) is 28.3 Å². The Morgan fingerprint density at radius 2 is 2.10 bits per heavy atom. The third-order valence-corrected chi connectivity index (χ3v) is 3.37. The molecule has 1 aromatic heterocycles. The van der Waals surface area contributed by atoms with E-state index in [0.717, 1.165) is 12.8 Å². The van der Waals surface area contributed by atoms with Crippen LogP contribution in [-0.4, -0.2) is 15.9 Å². The fourth-order valence-corrected chi connectivity index (χ4v) is 2.21. The molecule has 6 heteroatoms. The van der Waals surface area contributed by atoms with Crippen LogP contribution in [0.2, 0.25) is 0 Å². The normalized spacial score (nSPS) is 12.8. The second-order valence-corrected chi connectivity index (χ2v) is 5.80. The van der Waals surface area contributed by atoms with Crippen LogP contribution in [0.25, 0.3) is 11.1 Å². The van der Waals surface area contributed by atoms with Crippen molar-refractivity contribution in [1.29, 1.82) is 0 Å². The highest BCUT2D eigenvalue weighted by molar-refractivity contribution is 5.77. The summed E-state index contributed by atoms with van der Waals surface area (Å²) in [6, 6.07) is 5.10. The van der Waals surface area contributed by atoms with E-state index < -0.39 is 4.92 Å². The van der Waals surface area contributed by atoms with Gasteiger partial charge in [-0.25, -0.2) is 0 Å². The van der Waals surface area contributed by atoms with Crippen molar-refractivity contribution in [2.24, 2.45) is 5.92 Å². The van der Waals surface area contributed by atoms with Crippen molar-refractivity contribution < 1.29 is 9.34 Å². The second kappa shape index (κ2) is 6.56. The maximum Gasteiger partial charge on any atom is 0.295 e. The lowest BCUT2D eigenvalue weighted by molar-refractivity contribution is -0.384. The van der Waals surface area contributed by atoms with Crippen LogP contribution in [0.15, 0.2) is 22.6 Å². The van der Waals surface area contributed by atoms with Crippen molar-refractivity contribution in [2.75, 3.05) is 5.32 Å². The Morgan fingerprint density at radius 3 is 2.76 bits per heavy atom. The first-order chi connectivity index (χ1) is 9.95. The lowest BCUT2D eigenvalue weighted by Crippen LogP contribution is -2.15. The first kappa shape index (κ1) is 15.3. The Labute approximate surface area is 123 Å². The SMILES string of the molecule is CC(C)CCCC(C)Nc1nc2cc([N+](=O)[O-])ccc2o1. The standard InChI is InChI=1S/C15H21N3O3/c1-10(2)5-4-6-11(3)16-15-17-13-9-12(18(19)20)7-8-14(13)21-15/h7-11H,4-6H2,1-3H3,(H,16,17). The molecule has 1 heterocycles. The lowest BCUT2D eigenvalue weighted by atomic mass is 10.0. The molecule has 2 aromatic rings. The first-order valence-electron chi connectivity index (χ1n) is 7.27. The monoisotopic (exact) mass is 291 g/mol. The minimum absolute atomic E-state index is 0.0207. The number of non-ortho nitro benzene ring substituents is 1. The van der Waals surface area contributed by atoms with E-state index in [1.165, 1.54) is 18.6 Å². The molecule has 0 aliphatic heterocycles. The van der Waals surface area contributed by atoms with E-state index in [0.29, 0.717) is 23.0 Å². The highest BCUT2D eigenvalue weighted by Crippen LogP contribution is 2.24. The van der Waals surface area contributed by atoms with Gasteiger partial charge in [0.1, 0.15) is 5.52 Å². The molecule has 0 aliphatic carbocycles. The maximum absolute atomic E-state index is 10.7. The van der Waals surface area contributed by atoms with Crippen LogP contribution < -0.4 is 5.32 Å². The molecule has 0 amide bonds. The summed E-state index contributed by atoms with van der Waals surface area (Å²) in [5.74, 6) is 0.710. The molecule has 0 saturated heterocycles. The van der Waals surface area contributed by atoms with Crippen LogP contribution >= 0.6 is 0 Å². The highest BCUT2D eigenvalue weighted by atomic mass is 16.6. The largest absolute Gasteiger partial charge is 0.424 e. The molecule has 0 spiro atoms. The van der Waals surface area contributed by atoms with Crippen molar-refractivity contribution in [3.8, 4) is 0 Å². The number of fused-ring (bicyclic) bond motifs is 1. The Kier molecular flexibility index (Phi) is 4.77. The van der Waals surface area contributed by atoms with E-state index in [4.69, 9.17) is 4.42 Å². The Morgan fingerprint density at radius 1 is 1.33 bits per heavy atom. The van der Waals surface area contributed by atoms with Gasteiger partial charge in [0, 0.05) is 18.2 Å². The van der Waals surface area contributed by atoms with Crippen LogP contribution in [0.1, 0.15) is 40.0 Å². The number of hydrogen-bond donors (Lipinski definition) is 1. The third-order valence-electron chi connectivity index (χ3n) is 3.37. The number of nitrogens with zero attached hydrogens (tertiary/aromatic N) is 2. The molecule has 1 unspecified atom stereocenters. The smallest absolute Gasteiger partial charge is 0.295 e. The van der Waals surface area contributed by atoms with Gasteiger partial charge < -0.3 is 9.73 Å². The zero-order valence-corrected chi connectivity index (χ0v) is 12.6. The molecule has 1 atom stereocenters. The Balaban J connectivity index is 2.00. The summed E-state index contributed by atoms with van der Waals surface area (Å²) in [6.45, 7) is 6.51. The van der Waals surface area contributed by atoms with E-state index in [-0.39, 0.29) is 11.7 Å². The van der Waals surface area contributed by atoms with Crippen molar-refractivity contribution in [3.63, 3.8) is 0 Å². The summed E-state index contributed by atoms with van der Waals surface area (Å²) in [5.41, 5.74) is 1.07. The van der Waals surface area contributed by atoms with E-state index in [1.54, 1.807) is 6.07 Å². The van der Waals surface area contributed by atoms with Gasteiger partial charge in [-0.15, -0.1) is 0 Å². The molecule has 6 nitrogen and oxygen atoms in total. The molecule has 0 aliphatic rings. The number of nitro benzene ring substituents is 1. The Hall–Kier alpha value is -2.11. The summed E-state index contributed by atoms with van der Waals surface area (Å²) in [6.07, 6.45) is 3.39. The van der Waals surface area contributed by atoms with Gasteiger partial charge >= 0.3 is 0 Å². The average molecular weight is 291 g/mol. The van der Waals surface area contributed by atoms with E-state index >= 15 is 0 Å².